The summed E-state index contributed by atoms with van der Waals surface area (Å²) in [7, 11) is 0. The summed E-state index contributed by atoms with van der Waals surface area (Å²) in [4.78, 5) is 4.33. The normalized spacial score (nSPS) is 11.9. The first-order valence-corrected chi connectivity index (χ1v) is 5.95. The number of guanidine groups is 1. The van der Waals surface area contributed by atoms with Gasteiger partial charge < -0.3 is 5.32 Å². The lowest BCUT2D eigenvalue weighted by atomic mass is 10.2. The number of aliphatic imine (C=N–C) groups is 1. The minimum Gasteiger partial charge on any atom is -0.355 e. The Morgan fingerprint density at radius 3 is 2.53 bits per heavy atom. The molecule has 0 radical (unpaired) electrons. The Kier molecular flexibility index (Phi) is 9.27. The Morgan fingerprint density at radius 1 is 1.27 bits per heavy atom. The smallest absolute Gasteiger partial charge is 0.205 e. The molecular formula is C11H26N4. The number of nitrogens with zero attached hydrogens (tertiary/aromatic N) is 1. The molecule has 0 aliphatic carbocycles. The van der Waals surface area contributed by atoms with Crippen LogP contribution in [0.5, 0.6) is 0 Å². The zero-order valence-electron chi connectivity index (χ0n) is 10.3. The van der Waals surface area contributed by atoms with Crippen LogP contribution >= 0.6 is 0 Å². The van der Waals surface area contributed by atoms with Crippen LogP contribution in [-0.4, -0.2) is 19.0 Å². The summed E-state index contributed by atoms with van der Waals surface area (Å²) in [6.07, 6.45) is 5.02. The minimum absolute atomic E-state index is 0.565. The van der Waals surface area contributed by atoms with Crippen LogP contribution in [0.25, 0.3) is 0 Å². The summed E-state index contributed by atoms with van der Waals surface area (Å²) < 4.78 is 0. The van der Waals surface area contributed by atoms with Crippen molar-refractivity contribution >= 4 is 5.96 Å². The van der Waals surface area contributed by atoms with Gasteiger partial charge in [-0.3, -0.25) is 10.4 Å². The van der Waals surface area contributed by atoms with Crippen LogP contribution in [0, 0.1) is 5.92 Å². The third kappa shape index (κ3) is 9.53. The first-order valence-electron chi connectivity index (χ1n) is 5.95. The third-order valence-electron chi connectivity index (χ3n) is 2.07. The maximum absolute atomic E-state index is 5.36. The molecule has 0 amide bonds. The second-order valence-corrected chi connectivity index (χ2v) is 4.21. The van der Waals surface area contributed by atoms with Gasteiger partial charge in [0.05, 0.1) is 0 Å². The Labute approximate surface area is 93.7 Å². The second kappa shape index (κ2) is 9.77. The Hall–Kier alpha value is -0.770. The van der Waals surface area contributed by atoms with E-state index < -0.39 is 0 Å². The largest absolute Gasteiger partial charge is 0.355 e. The van der Waals surface area contributed by atoms with Crippen molar-refractivity contribution in [3.05, 3.63) is 0 Å². The van der Waals surface area contributed by atoms with Gasteiger partial charge in [-0.05, 0) is 12.3 Å². The summed E-state index contributed by atoms with van der Waals surface area (Å²) in [5, 5.41) is 3.20. The fourth-order valence-electron chi connectivity index (χ4n) is 1.19. The quantitative estimate of drug-likeness (QED) is 0.198. The highest BCUT2D eigenvalue weighted by molar-refractivity contribution is 5.79. The van der Waals surface area contributed by atoms with Crippen LogP contribution in [0.1, 0.15) is 46.5 Å². The van der Waals surface area contributed by atoms with Crippen LogP contribution in [0.15, 0.2) is 4.99 Å². The van der Waals surface area contributed by atoms with Gasteiger partial charge in [-0.1, -0.05) is 40.0 Å². The van der Waals surface area contributed by atoms with Gasteiger partial charge in [0.2, 0.25) is 5.96 Å². The van der Waals surface area contributed by atoms with Crippen LogP contribution in [-0.2, 0) is 0 Å². The highest BCUT2D eigenvalue weighted by atomic mass is 15.3. The predicted molar refractivity (Wildman–Crippen MR) is 66.6 cm³/mol. The average Bonchev–Trinajstić information content (AvgIpc) is 2.22. The van der Waals surface area contributed by atoms with Gasteiger partial charge in [0.15, 0.2) is 0 Å². The zero-order valence-corrected chi connectivity index (χ0v) is 10.3. The maximum atomic E-state index is 5.36. The zero-order chi connectivity index (χ0) is 11.5. The van der Waals surface area contributed by atoms with Crippen LogP contribution < -0.4 is 16.6 Å². The number of nitrogens with two attached hydrogens (primary N) is 1. The van der Waals surface area contributed by atoms with Crippen LogP contribution in [0.3, 0.4) is 0 Å². The second-order valence-electron chi connectivity index (χ2n) is 4.21. The topological polar surface area (TPSA) is 62.4 Å². The number of hydrogen-bond donors (Lipinski definition) is 3. The summed E-state index contributed by atoms with van der Waals surface area (Å²) in [5.74, 6) is 6.63. The van der Waals surface area contributed by atoms with Gasteiger partial charge in [-0.15, -0.1) is 0 Å². The van der Waals surface area contributed by atoms with E-state index in [-0.39, 0.29) is 0 Å². The summed E-state index contributed by atoms with van der Waals surface area (Å²) in [6.45, 7) is 8.24. The van der Waals surface area contributed by atoms with E-state index in [0.717, 1.165) is 13.1 Å². The fraction of sp³-hybridized carbons (Fsp3) is 0.909. The Balaban J connectivity index is 3.56. The molecule has 0 bridgehead atoms. The molecule has 0 aromatic rings. The molecule has 90 valence electrons. The van der Waals surface area contributed by atoms with Crippen molar-refractivity contribution in [3.63, 3.8) is 0 Å². The van der Waals surface area contributed by atoms with E-state index in [1.807, 2.05) is 0 Å². The van der Waals surface area contributed by atoms with E-state index in [2.05, 4.69) is 36.5 Å². The van der Waals surface area contributed by atoms with Crippen molar-refractivity contribution in [1.82, 2.24) is 10.7 Å². The molecule has 0 aliphatic rings. The Bertz CT molecular complexity index is 166. The van der Waals surface area contributed by atoms with E-state index in [0.29, 0.717) is 11.9 Å². The highest BCUT2D eigenvalue weighted by Crippen LogP contribution is 1.97. The molecule has 0 fully saturated rings. The molecule has 0 aliphatic heterocycles. The van der Waals surface area contributed by atoms with Gasteiger partial charge in [-0.25, -0.2) is 5.84 Å². The molecule has 0 saturated carbocycles. The lowest BCUT2D eigenvalue weighted by Gasteiger charge is -2.09. The summed E-state index contributed by atoms with van der Waals surface area (Å²) >= 11 is 0. The number of unbranched alkanes of at least 4 members (excludes halogenated alkanes) is 3. The highest BCUT2D eigenvalue weighted by Gasteiger charge is 1.96. The fourth-order valence-corrected chi connectivity index (χ4v) is 1.19. The van der Waals surface area contributed by atoms with E-state index in [1.165, 1.54) is 25.7 Å². The maximum Gasteiger partial charge on any atom is 0.205 e. The predicted octanol–water partition coefficient (Wildman–Crippen LogP) is 1.63. The van der Waals surface area contributed by atoms with Crippen molar-refractivity contribution in [1.29, 1.82) is 0 Å². The monoisotopic (exact) mass is 214 g/mol. The van der Waals surface area contributed by atoms with Gasteiger partial charge in [0.1, 0.15) is 0 Å². The lowest BCUT2D eigenvalue weighted by molar-refractivity contribution is 0.636. The molecule has 0 spiro atoms. The molecule has 0 heterocycles. The van der Waals surface area contributed by atoms with E-state index in [1.54, 1.807) is 0 Å². The lowest BCUT2D eigenvalue weighted by Crippen LogP contribution is -2.42. The minimum atomic E-state index is 0.565. The van der Waals surface area contributed by atoms with Crippen molar-refractivity contribution < 1.29 is 0 Å². The molecule has 4 heteroatoms. The molecule has 4 N–H and O–H groups in total. The molecule has 4 nitrogen and oxygen atoms in total. The molecule has 0 aromatic heterocycles. The van der Waals surface area contributed by atoms with Gasteiger partial charge in [-0.2, -0.15) is 0 Å². The van der Waals surface area contributed by atoms with Gasteiger partial charge in [0.25, 0.3) is 0 Å². The van der Waals surface area contributed by atoms with E-state index in [4.69, 9.17) is 5.84 Å². The number of hydrazine groups is 1. The molecule has 0 unspecified atom stereocenters. The Morgan fingerprint density at radius 2 is 2.00 bits per heavy atom. The molecular weight excluding hydrogens is 188 g/mol. The van der Waals surface area contributed by atoms with Crippen molar-refractivity contribution in [2.75, 3.05) is 13.1 Å². The van der Waals surface area contributed by atoms with Gasteiger partial charge in [0, 0.05) is 13.1 Å². The SMILES string of the molecule is CCCCCCNC(=NCC(C)C)NN. The standard InChI is InChI=1S/C11H26N4/c1-4-5-6-7-8-13-11(15-12)14-9-10(2)3/h10H,4-9,12H2,1-3H3,(H2,13,14,15). The molecule has 0 saturated heterocycles. The first kappa shape index (κ1) is 14.2. The van der Waals surface area contributed by atoms with Crippen LogP contribution in [0.4, 0.5) is 0 Å². The number of rotatable bonds is 7. The van der Waals surface area contributed by atoms with E-state index in [9.17, 15) is 0 Å². The first-order chi connectivity index (χ1) is 7.20. The summed E-state index contributed by atoms with van der Waals surface area (Å²) in [5.41, 5.74) is 2.59. The molecule has 0 rings (SSSR count). The van der Waals surface area contributed by atoms with E-state index >= 15 is 0 Å². The third-order valence-corrected chi connectivity index (χ3v) is 2.07. The molecule has 0 atom stereocenters. The number of hydrogen-bond acceptors (Lipinski definition) is 2. The van der Waals surface area contributed by atoms with Gasteiger partial charge >= 0.3 is 0 Å². The molecule has 0 aromatic carbocycles. The van der Waals surface area contributed by atoms with Crippen LogP contribution in [0.2, 0.25) is 0 Å². The summed E-state index contributed by atoms with van der Waals surface area (Å²) in [6, 6.07) is 0. The number of nitrogens with one attached hydrogen (secondary N) is 2. The molecule has 15 heavy (non-hydrogen) atoms. The van der Waals surface area contributed by atoms with Crippen molar-refractivity contribution in [2.24, 2.45) is 16.8 Å². The van der Waals surface area contributed by atoms with Crippen molar-refractivity contribution in [3.8, 4) is 0 Å². The van der Waals surface area contributed by atoms with Crippen molar-refractivity contribution in [2.45, 2.75) is 46.5 Å². The average molecular weight is 214 g/mol.